The number of hydrogen-bond donors (Lipinski definition) is 2. The molecule has 0 amide bonds. The van der Waals surface area contributed by atoms with Gasteiger partial charge in [0.1, 0.15) is 0 Å². The highest BCUT2D eigenvalue weighted by Gasteiger charge is 2.22. The number of hydrogen-bond acceptors (Lipinski definition) is 3. The SMILES string of the molecule is CC1CN(C)CCN1/C(N)=N/N. The van der Waals surface area contributed by atoms with Crippen LogP contribution in [0.15, 0.2) is 5.10 Å². The number of guanidine groups is 1. The van der Waals surface area contributed by atoms with Crippen LogP contribution in [-0.4, -0.2) is 48.5 Å². The van der Waals surface area contributed by atoms with Crippen LogP contribution in [0.4, 0.5) is 0 Å². The van der Waals surface area contributed by atoms with Crippen molar-refractivity contribution in [2.45, 2.75) is 13.0 Å². The van der Waals surface area contributed by atoms with Gasteiger partial charge in [0, 0.05) is 25.7 Å². The quantitative estimate of drug-likeness (QED) is 0.208. The van der Waals surface area contributed by atoms with Gasteiger partial charge in [-0.1, -0.05) is 0 Å². The van der Waals surface area contributed by atoms with E-state index in [4.69, 9.17) is 11.6 Å². The van der Waals surface area contributed by atoms with E-state index in [1.807, 2.05) is 4.90 Å². The lowest BCUT2D eigenvalue weighted by Crippen LogP contribution is -2.55. The van der Waals surface area contributed by atoms with Gasteiger partial charge in [-0.3, -0.25) is 0 Å². The number of nitrogens with two attached hydrogens (primary N) is 2. The van der Waals surface area contributed by atoms with E-state index >= 15 is 0 Å². The van der Waals surface area contributed by atoms with Gasteiger partial charge in [-0.05, 0) is 14.0 Å². The average Bonchev–Trinajstić information content (AvgIpc) is 2.03. The van der Waals surface area contributed by atoms with Gasteiger partial charge in [0.2, 0.25) is 5.96 Å². The first kappa shape index (κ1) is 9.12. The summed E-state index contributed by atoms with van der Waals surface area (Å²) >= 11 is 0. The summed E-state index contributed by atoms with van der Waals surface area (Å²) in [5, 5.41) is 3.49. The van der Waals surface area contributed by atoms with E-state index in [1.165, 1.54) is 0 Å². The molecule has 4 N–H and O–H groups in total. The molecule has 1 rings (SSSR count). The van der Waals surface area contributed by atoms with Gasteiger partial charge in [0.25, 0.3) is 0 Å². The van der Waals surface area contributed by atoms with Gasteiger partial charge >= 0.3 is 0 Å². The monoisotopic (exact) mass is 171 g/mol. The molecule has 1 saturated heterocycles. The predicted molar refractivity (Wildman–Crippen MR) is 49.5 cm³/mol. The Labute approximate surface area is 73.0 Å². The fraction of sp³-hybridized carbons (Fsp3) is 0.857. The third kappa shape index (κ3) is 1.79. The summed E-state index contributed by atoms with van der Waals surface area (Å²) in [4.78, 5) is 4.30. The van der Waals surface area contributed by atoms with Crippen molar-refractivity contribution in [3.63, 3.8) is 0 Å². The number of nitrogens with zero attached hydrogens (tertiary/aromatic N) is 3. The Kier molecular flexibility index (Phi) is 2.75. The van der Waals surface area contributed by atoms with Gasteiger partial charge < -0.3 is 21.4 Å². The molecule has 70 valence electrons. The van der Waals surface area contributed by atoms with E-state index < -0.39 is 0 Å². The summed E-state index contributed by atoms with van der Waals surface area (Å²) in [5.74, 6) is 5.55. The van der Waals surface area contributed by atoms with Gasteiger partial charge in [-0.2, -0.15) is 0 Å². The van der Waals surface area contributed by atoms with Crippen molar-refractivity contribution in [2.24, 2.45) is 16.7 Å². The molecule has 0 bridgehead atoms. The Balaban J connectivity index is 2.56. The summed E-state index contributed by atoms with van der Waals surface area (Å²) < 4.78 is 0. The van der Waals surface area contributed by atoms with Crippen LogP contribution in [0.2, 0.25) is 0 Å². The molecule has 0 aromatic heterocycles. The third-order valence-corrected chi connectivity index (χ3v) is 2.26. The topological polar surface area (TPSA) is 70.9 Å². The molecular formula is C7H17N5. The van der Waals surface area contributed by atoms with Crippen molar-refractivity contribution >= 4 is 5.96 Å². The Bertz CT molecular complexity index is 179. The lowest BCUT2D eigenvalue weighted by atomic mass is 10.2. The van der Waals surface area contributed by atoms with Gasteiger partial charge in [0.15, 0.2) is 0 Å². The number of piperazine rings is 1. The smallest absolute Gasteiger partial charge is 0.213 e. The molecule has 5 heteroatoms. The van der Waals surface area contributed by atoms with E-state index in [2.05, 4.69) is 24.0 Å². The van der Waals surface area contributed by atoms with Crippen LogP contribution < -0.4 is 11.6 Å². The molecule has 5 nitrogen and oxygen atoms in total. The second kappa shape index (κ2) is 3.62. The van der Waals surface area contributed by atoms with Crippen LogP contribution in [0.1, 0.15) is 6.92 Å². The maximum atomic E-state index is 5.62. The van der Waals surface area contributed by atoms with Crippen LogP contribution >= 0.6 is 0 Å². The van der Waals surface area contributed by atoms with E-state index in [9.17, 15) is 0 Å². The highest BCUT2D eigenvalue weighted by Crippen LogP contribution is 2.06. The lowest BCUT2D eigenvalue weighted by molar-refractivity contribution is 0.160. The summed E-state index contributed by atoms with van der Waals surface area (Å²) in [5.41, 5.74) is 5.62. The van der Waals surface area contributed by atoms with Crippen molar-refractivity contribution in [1.29, 1.82) is 0 Å². The maximum absolute atomic E-state index is 5.62. The summed E-state index contributed by atoms with van der Waals surface area (Å²) in [6.07, 6.45) is 0. The molecule has 12 heavy (non-hydrogen) atoms. The second-order valence-electron chi connectivity index (χ2n) is 3.29. The van der Waals surface area contributed by atoms with Gasteiger partial charge in [-0.25, -0.2) is 0 Å². The van der Waals surface area contributed by atoms with E-state index in [1.54, 1.807) is 0 Å². The summed E-state index contributed by atoms with van der Waals surface area (Å²) in [6, 6.07) is 0.399. The molecule has 1 fully saturated rings. The molecule has 0 aliphatic carbocycles. The number of rotatable bonds is 0. The zero-order valence-electron chi connectivity index (χ0n) is 7.70. The molecule has 1 aliphatic rings. The predicted octanol–water partition coefficient (Wildman–Crippen LogP) is -1.19. The first-order valence-electron chi connectivity index (χ1n) is 4.13. The highest BCUT2D eigenvalue weighted by atomic mass is 15.4. The van der Waals surface area contributed by atoms with Crippen molar-refractivity contribution in [3.05, 3.63) is 0 Å². The van der Waals surface area contributed by atoms with Crippen LogP contribution in [0.3, 0.4) is 0 Å². The van der Waals surface area contributed by atoms with Crippen LogP contribution in [0.25, 0.3) is 0 Å². The lowest BCUT2D eigenvalue weighted by Gasteiger charge is -2.38. The van der Waals surface area contributed by atoms with Crippen molar-refractivity contribution < 1.29 is 0 Å². The molecule has 0 saturated carbocycles. The summed E-state index contributed by atoms with van der Waals surface area (Å²) in [7, 11) is 2.10. The molecule has 0 aromatic rings. The standard InChI is InChI=1S/C7H17N5/c1-6-5-11(2)3-4-12(6)7(8)10-9/h6H,3-5,9H2,1-2H3,(H2,8,10). The molecule has 1 unspecified atom stereocenters. The van der Waals surface area contributed by atoms with Crippen molar-refractivity contribution in [3.8, 4) is 0 Å². The number of hydrazone groups is 1. The molecular weight excluding hydrogens is 154 g/mol. The fourth-order valence-electron chi connectivity index (χ4n) is 1.55. The minimum absolute atomic E-state index is 0.399. The zero-order valence-corrected chi connectivity index (χ0v) is 7.70. The zero-order chi connectivity index (χ0) is 9.14. The fourth-order valence-corrected chi connectivity index (χ4v) is 1.55. The Hall–Kier alpha value is -0.970. The minimum Gasteiger partial charge on any atom is -0.368 e. The average molecular weight is 171 g/mol. The normalized spacial score (nSPS) is 27.7. The van der Waals surface area contributed by atoms with Crippen LogP contribution in [-0.2, 0) is 0 Å². The summed E-state index contributed by atoms with van der Waals surface area (Å²) in [6.45, 7) is 5.05. The Morgan fingerprint density at radius 1 is 1.50 bits per heavy atom. The second-order valence-corrected chi connectivity index (χ2v) is 3.29. The minimum atomic E-state index is 0.399. The van der Waals surface area contributed by atoms with Crippen LogP contribution in [0, 0.1) is 0 Å². The highest BCUT2D eigenvalue weighted by molar-refractivity contribution is 5.78. The first-order chi connectivity index (χ1) is 5.65. The van der Waals surface area contributed by atoms with Crippen molar-refractivity contribution in [1.82, 2.24) is 9.80 Å². The largest absolute Gasteiger partial charge is 0.368 e. The molecule has 1 heterocycles. The Morgan fingerprint density at radius 2 is 2.17 bits per heavy atom. The van der Waals surface area contributed by atoms with E-state index in [0.717, 1.165) is 19.6 Å². The molecule has 0 aromatic carbocycles. The van der Waals surface area contributed by atoms with E-state index in [0.29, 0.717) is 12.0 Å². The molecule has 1 atom stereocenters. The molecule has 0 spiro atoms. The maximum Gasteiger partial charge on any atom is 0.213 e. The van der Waals surface area contributed by atoms with Crippen LogP contribution in [0.5, 0.6) is 0 Å². The van der Waals surface area contributed by atoms with Gasteiger partial charge in [-0.15, -0.1) is 5.10 Å². The van der Waals surface area contributed by atoms with E-state index in [-0.39, 0.29) is 0 Å². The Morgan fingerprint density at radius 3 is 2.67 bits per heavy atom. The number of likely N-dealkylation sites (N-methyl/N-ethyl adjacent to an activating group) is 1. The van der Waals surface area contributed by atoms with Gasteiger partial charge in [0.05, 0.1) is 0 Å². The molecule has 0 radical (unpaired) electrons. The van der Waals surface area contributed by atoms with Crippen molar-refractivity contribution in [2.75, 3.05) is 26.7 Å². The first-order valence-corrected chi connectivity index (χ1v) is 4.13. The third-order valence-electron chi connectivity index (χ3n) is 2.26. The molecule has 1 aliphatic heterocycles.